The van der Waals surface area contributed by atoms with E-state index in [4.69, 9.17) is 39.2 Å². The zero-order valence-corrected chi connectivity index (χ0v) is 8.95. The van der Waals surface area contributed by atoms with Crippen molar-refractivity contribution in [3.63, 3.8) is 0 Å². The van der Waals surface area contributed by atoms with E-state index < -0.39 is 5.63 Å². The van der Waals surface area contributed by atoms with E-state index in [2.05, 4.69) is 0 Å². The molecule has 0 spiro atoms. The first-order valence-corrected chi connectivity index (χ1v) is 4.80. The predicted molar refractivity (Wildman–Crippen MR) is 57.5 cm³/mol. The Labute approximate surface area is 94.0 Å². The van der Waals surface area contributed by atoms with E-state index in [1.54, 1.807) is 6.07 Å². The quantitative estimate of drug-likeness (QED) is 0.666. The largest absolute Gasteiger partial charge is 0.422 e. The van der Waals surface area contributed by atoms with Gasteiger partial charge in [0.2, 0.25) is 0 Å². The first-order valence-electron chi connectivity index (χ1n) is 3.66. The van der Waals surface area contributed by atoms with Crippen molar-refractivity contribution >= 4 is 45.8 Å². The Balaban J connectivity index is 2.90. The van der Waals surface area contributed by atoms with Gasteiger partial charge in [-0.3, -0.25) is 0 Å². The van der Waals surface area contributed by atoms with Gasteiger partial charge >= 0.3 is 5.63 Å². The average Bonchev–Trinajstić information content (AvgIpc) is 2.11. The highest BCUT2D eigenvalue weighted by molar-refractivity contribution is 6.42. The molecule has 2 nitrogen and oxygen atoms in total. The summed E-state index contributed by atoms with van der Waals surface area (Å²) < 4.78 is 4.90. The van der Waals surface area contributed by atoms with Crippen LogP contribution in [0.1, 0.15) is 0 Å². The van der Waals surface area contributed by atoms with Crippen LogP contribution in [0.25, 0.3) is 11.0 Å². The summed E-state index contributed by atoms with van der Waals surface area (Å²) in [5.41, 5.74) is -0.216. The fourth-order valence-electron chi connectivity index (χ4n) is 1.09. The standard InChI is InChI=1S/C9H3Cl3O2/c10-5-1-4-2-7(12)9(13)14-8(4)3-6(5)11/h1-3H. The lowest BCUT2D eigenvalue weighted by Crippen LogP contribution is -1.97. The second-order valence-corrected chi connectivity index (χ2v) is 3.91. The second-order valence-electron chi connectivity index (χ2n) is 2.69. The summed E-state index contributed by atoms with van der Waals surface area (Å²) >= 11 is 17.1. The molecule has 1 heterocycles. The summed E-state index contributed by atoms with van der Waals surface area (Å²) in [5, 5.41) is 1.40. The molecule has 14 heavy (non-hydrogen) atoms. The Morgan fingerprint density at radius 1 is 0.929 bits per heavy atom. The number of hydrogen-bond donors (Lipinski definition) is 0. The maximum atomic E-state index is 11.1. The van der Waals surface area contributed by atoms with Gasteiger partial charge in [-0.1, -0.05) is 34.8 Å². The van der Waals surface area contributed by atoms with Gasteiger partial charge in [-0.25, -0.2) is 4.79 Å². The molecule has 2 aromatic rings. The van der Waals surface area contributed by atoms with Crippen LogP contribution in [0.5, 0.6) is 0 Å². The number of rotatable bonds is 0. The highest BCUT2D eigenvalue weighted by atomic mass is 35.5. The number of hydrogen-bond acceptors (Lipinski definition) is 2. The van der Waals surface area contributed by atoms with Gasteiger partial charge in [-0.05, 0) is 12.1 Å². The summed E-state index contributed by atoms with van der Waals surface area (Å²) in [7, 11) is 0. The summed E-state index contributed by atoms with van der Waals surface area (Å²) in [6.45, 7) is 0. The molecule has 0 fully saturated rings. The Hall–Kier alpha value is -0.700. The SMILES string of the molecule is O=c1oc2cc(Cl)c(Cl)cc2cc1Cl. The molecule has 0 atom stereocenters. The van der Waals surface area contributed by atoms with Crippen molar-refractivity contribution in [1.82, 2.24) is 0 Å². The Kier molecular flexibility index (Phi) is 2.43. The minimum Gasteiger partial charge on any atom is -0.422 e. The molecule has 0 aliphatic heterocycles. The van der Waals surface area contributed by atoms with Crippen molar-refractivity contribution in [3.8, 4) is 0 Å². The molecule has 5 heteroatoms. The van der Waals surface area contributed by atoms with Crippen LogP contribution in [-0.4, -0.2) is 0 Å². The van der Waals surface area contributed by atoms with E-state index in [0.717, 1.165) is 0 Å². The van der Waals surface area contributed by atoms with Gasteiger partial charge in [-0.15, -0.1) is 0 Å². The Morgan fingerprint density at radius 3 is 2.21 bits per heavy atom. The highest BCUT2D eigenvalue weighted by Gasteiger charge is 2.06. The molecule has 0 aliphatic carbocycles. The minimum absolute atomic E-state index is 0.0240. The van der Waals surface area contributed by atoms with E-state index in [0.29, 0.717) is 21.0 Å². The molecule has 0 aliphatic rings. The van der Waals surface area contributed by atoms with Crippen LogP contribution in [0.4, 0.5) is 0 Å². The molecular formula is C9H3Cl3O2. The van der Waals surface area contributed by atoms with Gasteiger partial charge in [0.05, 0.1) is 10.0 Å². The molecule has 0 unspecified atom stereocenters. The Bertz CT molecular complexity index is 560. The zero-order chi connectivity index (χ0) is 10.3. The molecule has 0 saturated heterocycles. The van der Waals surface area contributed by atoms with Gasteiger partial charge in [0.15, 0.2) is 0 Å². The van der Waals surface area contributed by atoms with Crippen LogP contribution in [0.2, 0.25) is 15.1 Å². The predicted octanol–water partition coefficient (Wildman–Crippen LogP) is 3.75. The van der Waals surface area contributed by atoms with Crippen LogP contribution in [0.15, 0.2) is 27.4 Å². The fourth-order valence-corrected chi connectivity index (χ4v) is 1.57. The van der Waals surface area contributed by atoms with Crippen LogP contribution < -0.4 is 5.63 Å². The summed E-state index contributed by atoms with van der Waals surface area (Å²) in [6, 6.07) is 4.57. The number of benzene rings is 1. The highest BCUT2D eigenvalue weighted by Crippen LogP contribution is 2.27. The molecule has 1 aromatic heterocycles. The molecule has 2 rings (SSSR count). The van der Waals surface area contributed by atoms with Crippen LogP contribution in [0, 0.1) is 0 Å². The maximum Gasteiger partial charge on any atom is 0.355 e. The molecule has 1 aromatic carbocycles. The summed E-state index contributed by atoms with van der Waals surface area (Å²) in [4.78, 5) is 11.1. The number of fused-ring (bicyclic) bond motifs is 1. The third-order valence-electron chi connectivity index (χ3n) is 1.73. The normalized spacial score (nSPS) is 10.8. The van der Waals surface area contributed by atoms with Gasteiger partial charge in [0, 0.05) is 11.5 Å². The smallest absolute Gasteiger partial charge is 0.355 e. The zero-order valence-electron chi connectivity index (χ0n) is 6.68. The third-order valence-corrected chi connectivity index (χ3v) is 2.72. The van der Waals surface area contributed by atoms with Crippen molar-refractivity contribution < 1.29 is 4.42 Å². The fraction of sp³-hybridized carbons (Fsp3) is 0. The average molecular weight is 249 g/mol. The number of halogens is 3. The van der Waals surface area contributed by atoms with Gasteiger partial charge in [0.1, 0.15) is 10.6 Å². The topological polar surface area (TPSA) is 30.2 Å². The van der Waals surface area contributed by atoms with E-state index in [1.807, 2.05) is 0 Å². The lowest BCUT2D eigenvalue weighted by molar-refractivity contribution is 0.561. The van der Waals surface area contributed by atoms with E-state index >= 15 is 0 Å². The van der Waals surface area contributed by atoms with Crippen molar-refractivity contribution in [1.29, 1.82) is 0 Å². The first kappa shape index (κ1) is 9.84. The van der Waals surface area contributed by atoms with Crippen molar-refractivity contribution in [3.05, 3.63) is 43.7 Å². The second kappa shape index (κ2) is 3.46. The van der Waals surface area contributed by atoms with Gasteiger partial charge in [-0.2, -0.15) is 0 Å². The molecule has 0 bridgehead atoms. The molecule has 0 N–H and O–H groups in total. The maximum absolute atomic E-state index is 11.1. The lowest BCUT2D eigenvalue weighted by Gasteiger charge is -1.99. The molecule has 0 amide bonds. The molecule has 0 saturated carbocycles. The van der Waals surface area contributed by atoms with Crippen LogP contribution >= 0.6 is 34.8 Å². The monoisotopic (exact) mass is 248 g/mol. The van der Waals surface area contributed by atoms with Crippen LogP contribution in [-0.2, 0) is 0 Å². The molecule has 0 radical (unpaired) electrons. The van der Waals surface area contributed by atoms with Crippen molar-refractivity contribution in [2.75, 3.05) is 0 Å². The lowest BCUT2D eigenvalue weighted by atomic mass is 10.2. The minimum atomic E-state index is -0.586. The summed E-state index contributed by atoms with van der Waals surface area (Å²) in [6.07, 6.45) is 0. The van der Waals surface area contributed by atoms with E-state index in [9.17, 15) is 4.79 Å². The Morgan fingerprint density at radius 2 is 1.50 bits per heavy atom. The van der Waals surface area contributed by atoms with Crippen molar-refractivity contribution in [2.45, 2.75) is 0 Å². The van der Waals surface area contributed by atoms with E-state index in [-0.39, 0.29) is 5.02 Å². The van der Waals surface area contributed by atoms with Crippen LogP contribution in [0.3, 0.4) is 0 Å². The summed E-state index contributed by atoms with van der Waals surface area (Å²) in [5.74, 6) is 0. The van der Waals surface area contributed by atoms with Gasteiger partial charge < -0.3 is 4.42 Å². The third kappa shape index (κ3) is 1.61. The van der Waals surface area contributed by atoms with Gasteiger partial charge in [0.25, 0.3) is 0 Å². The first-order chi connectivity index (χ1) is 6.58. The molecule has 72 valence electrons. The van der Waals surface area contributed by atoms with Crippen molar-refractivity contribution in [2.24, 2.45) is 0 Å². The molecular weight excluding hydrogens is 246 g/mol. The van der Waals surface area contributed by atoms with E-state index in [1.165, 1.54) is 12.1 Å².